The molecule has 0 rings (SSSR count). The van der Waals surface area contributed by atoms with Gasteiger partial charge in [0, 0.05) is 10.4 Å². The summed E-state index contributed by atoms with van der Waals surface area (Å²) in [5.74, 6) is 0. The molecule has 0 amide bonds. The molecule has 0 unspecified atom stereocenters. The van der Waals surface area contributed by atoms with Crippen LogP contribution in [0.25, 0.3) is 0 Å². The van der Waals surface area contributed by atoms with Crippen LogP contribution in [0.1, 0.15) is 0 Å². The molecule has 0 aromatic heterocycles. The van der Waals surface area contributed by atoms with E-state index in [1.165, 1.54) is 0 Å². The normalized spacial score (nSPS) is 8.29. The van der Waals surface area contributed by atoms with Gasteiger partial charge in [0.15, 0.2) is 0 Å². The molecule has 0 aromatic carbocycles. The molecule has 0 aromatic rings. The fourth-order valence-electron chi connectivity index (χ4n) is 0. The Balaban J connectivity index is -0.0000000800. The average molecular weight is 181 g/mol. The van der Waals surface area contributed by atoms with Gasteiger partial charge in [-0.2, -0.15) is 0 Å². The van der Waals surface area contributed by atoms with Gasteiger partial charge >= 0.3 is 17.1 Å². The molecule has 0 fully saturated rings. The Kier molecular flexibility index (Phi) is 11.3. The van der Waals surface area contributed by atoms with Crippen LogP contribution in [-0.2, 0) is 27.5 Å². The molecule has 1 radical (unpaired) electrons. The van der Waals surface area contributed by atoms with Gasteiger partial charge in [0.25, 0.3) is 0 Å². The van der Waals surface area contributed by atoms with Crippen molar-refractivity contribution in [1.29, 1.82) is 0 Å². The van der Waals surface area contributed by atoms with Gasteiger partial charge < -0.3 is 9.11 Å². The Hall–Kier alpha value is 0.922. The van der Waals surface area contributed by atoms with Crippen LogP contribution >= 0.6 is 0 Å². The van der Waals surface area contributed by atoms with E-state index in [4.69, 9.17) is 17.5 Å². The van der Waals surface area contributed by atoms with Gasteiger partial charge in [0.2, 0.25) is 0 Å². The summed E-state index contributed by atoms with van der Waals surface area (Å²) >= 11 is 0. The fraction of sp³-hybridized carbons (Fsp3) is 0. The van der Waals surface area contributed by atoms with Crippen molar-refractivity contribution in [2.45, 2.75) is 0 Å². The first-order chi connectivity index (χ1) is 2.00. The van der Waals surface area contributed by atoms with Gasteiger partial charge in [0.1, 0.15) is 17.4 Å². The molecule has 0 aliphatic heterocycles. The quantitative estimate of drug-likeness (QED) is 0.240. The summed E-state index contributed by atoms with van der Waals surface area (Å²) in [6.45, 7) is 0. The van der Waals surface area contributed by atoms with E-state index < -0.39 is 10.4 Å². The standard InChI is InChI=1S/Al.Fe.H2O4S.2H/c;;1-5(2,3)4;;/h;;(H2,1,2,3,4);;/q;+2;;;/p-2. The van der Waals surface area contributed by atoms with Gasteiger partial charge in [-0.05, 0) is 0 Å². The second-order valence-corrected chi connectivity index (χ2v) is 1.22. The van der Waals surface area contributed by atoms with Crippen molar-refractivity contribution in [3.8, 4) is 0 Å². The first kappa shape index (κ1) is 15.7. The van der Waals surface area contributed by atoms with Crippen LogP contribution < -0.4 is 0 Å². The van der Waals surface area contributed by atoms with Crippen molar-refractivity contribution in [2.24, 2.45) is 0 Å². The van der Waals surface area contributed by atoms with Gasteiger partial charge in [-0.15, -0.1) is 0 Å². The van der Waals surface area contributed by atoms with E-state index in [-0.39, 0.29) is 34.4 Å². The maximum absolute atomic E-state index is 8.52. The van der Waals surface area contributed by atoms with Crippen molar-refractivity contribution >= 4 is 27.8 Å². The van der Waals surface area contributed by atoms with Crippen molar-refractivity contribution < 1.29 is 34.6 Å². The Labute approximate surface area is 62.5 Å². The van der Waals surface area contributed by atoms with Crippen molar-refractivity contribution in [2.75, 3.05) is 0 Å². The molecule has 7 heteroatoms. The Morgan fingerprint density at radius 1 is 1.14 bits per heavy atom. The minimum Gasteiger partial charge on any atom is -0.759 e. The third kappa shape index (κ3) is 197. The second-order valence-electron chi connectivity index (χ2n) is 0.408. The van der Waals surface area contributed by atoms with Gasteiger partial charge in [-0.25, -0.2) is 0 Å². The van der Waals surface area contributed by atoms with E-state index in [1.807, 2.05) is 0 Å². The zero-order valence-corrected chi connectivity index (χ0v) is 7.32. The molecule has 0 saturated heterocycles. The largest absolute Gasteiger partial charge is 2.00 e. The van der Waals surface area contributed by atoms with Crippen molar-refractivity contribution in [1.82, 2.24) is 0 Å². The van der Waals surface area contributed by atoms with Crippen LogP contribution in [0.3, 0.4) is 0 Å². The molecule has 7 heavy (non-hydrogen) atoms. The predicted octanol–water partition coefficient (Wildman–Crippen LogP) is -2.26. The van der Waals surface area contributed by atoms with E-state index >= 15 is 0 Å². The predicted molar refractivity (Wildman–Crippen MR) is 19.0 cm³/mol. The molecule has 0 aliphatic rings. The summed E-state index contributed by atoms with van der Waals surface area (Å²) in [6.07, 6.45) is 0. The number of hydrogen-bond acceptors (Lipinski definition) is 4. The minimum atomic E-state index is -5.17. The first-order valence-electron chi connectivity index (χ1n) is 0.667. The molecule has 0 spiro atoms. The first-order valence-corrected chi connectivity index (χ1v) is 2.00. The Bertz CT molecular complexity index is 94.9. The molecule has 0 aliphatic carbocycles. The van der Waals surface area contributed by atoms with Crippen LogP contribution in [0, 0.1) is 0 Å². The average Bonchev–Trinajstić information content (AvgIpc) is 0.722. The molecule has 0 N–H and O–H groups in total. The zero-order valence-electron chi connectivity index (χ0n) is 3.39. The van der Waals surface area contributed by atoms with E-state index in [9.17, 15) is 0 Å². The Morgan fingerprint density at radius 2 is 1.14 bits per heavy atom. The van der Waals surface area contributed by atoms with Crippen LogP contribution in [0.2, 0.25) is 0 Å². The van der Waals surface area contributed by atoms with Crippen molar-refractivity contribution in [3.05, 3.63) is 0 Å². The second kappa shape index (κ2) is 5.07. The maximum Gasteiger partial charge on any atom is 2.00 e. The third-order valence-electron chi connectivity index (χ3n) is 0. The number of rotatable bonds is 0. The summed E-state index contributed by atoms with van der Waals surface area (Å²) in [5, 5.41) is 0. The topological polar surface area (TPSA) is 80.3 Å². The van der Waals surface area contributed by atoms with Crippen molar-refractivity contribution in [3.63, 3.8) is 0 Å². The Morgan fingerprint density at radius 3 is 1.14 bits per heavy atom. The van der Waals surface area contributed by atoms with Gasteiger partial charge in [-0.3, -0.25) is 8.42 Å². The summed E-state index contributed by atoms with van der Waals surface area (Å²) in [5.41, 5.74) is 0. The third-order valence-corrected chi connectivity index (χ3v) is 0. The smallest absolute Gasteiger partial charge is 0.759 e. The maximum atomic E-state index is 8.52. The van der Waals surface area contributed by atoms with E-state index in [1.54, 1.807) is 0 Å². The summed E-state index contributed by atoms with van der Waals surface area (Å²) in [6, 6.07) is 0. The molecule has 0 bridgehead atoms. The van der Waals surface area contributed by atoms with Crippen LogP contribution in [-0.4, -0.2) is 34.9 Å². The molecule has 43 valence electrons. The molecular weight excluding hydrogens is 179 g/mol. The van der Waals surface area contributed by atoms with E-state index in [0.717, 1.165) is 0 Å². The zero-order chi connectivity index (χ0) is 4.50. The number of hydrogen-bond donors (Lipinski definition) is 0. The van der Waals surface area contributed by atoms with Gasteiger partial charge in [0.05, 0.1) is 0 Å². The van der Waals surface area contributed by atoms with Crippen LogP contribution in [0.5, 0.6) is 0 Å². The molecule has 0 heterocycles. The van der Waals surface area contributed by atoms with Crippen LogP contribution in [0.4, 0.5) is 0 Å². The molecule has 0 saturated carbocycles. The van der Waals surface area contributed by atoms with Gasteiger partial charge in [-0.1, -0.05) is 0 Å². The SMILES string of the molecule is O=S(=O)([O-])[O-].[AlH2].[Fe+2]. The summed E-state index contributed by atoms with van der Waals surface area (Å²) in [4.78, 5) is 0. The summed E-state index contributed by atoms with van der Waals surface area (Å²) in [7, 11) is -5.17. The van der Waals surface area contributed by atoms with E-state index in [2.05, 4.69) is 0 Å². The summed E-state index contributed by atoms with van der Waals surface area (Å²) < 4.78 is 34.1. The van der Waals surface area contributed by atoms with E-state index in [0.29, 0.717) is 0 Å². The molecule has 4 nitrogen and oxygen atoms in total. The minimum absolute atomic E-state index is 0. The fourth-order valence-corrected chi connectivity index (χ4v) is 0. The monoisotopic (exact) mass is 181 g/mol. The molecular formula is H2AlFeO4S. The molecule has 0 atom stereocenters. The van der Waals surface area contributed by atoms with Crippen LogP contribution in [0.15, 0.2) is 0 Å².